The Morgan fingerprint density at radius 2 is 2.09 bits per heavy atom. The van der Waals surface area contributed by atoms with Gasteiger partial charge in [-0.15, -0.1) is 12.6 Å². The van der Waals surface area contributed by atoms with Crippen molar-refractivity contribution in [2.75, 3.05) is 7.05 Å². The van der Waals surface area contributed by atoms with Gasteiger partial charge in [0.1, 0.15) is 0 Å². The smallest absolute Gasteiger partial charge is 0.267 e. The van der Waals surface area contributed by atoms with E-state index in [2.05, 4.69) is 12.6 Å². The predicted molar refractivity (Wildman–Crippen MR) is 44.7 cm³/mol. The summed E-state index contributed by atoms with van der Waals surface area (Å²) >= 11 is 3.82. The Bertz CT molecular complexity index is 209. The molecule has 2 N–H and O–H groups in total. The number of likely N-dealkylation sites (N-methyl/N-ethyl adjacent to an activating group) is 1. The van der Waals surface area contributed by atoms with E-state index in [1.807, 2.05) is 0 Å². The lowest BCUT2D eigenvalue weighted by Gasteiger charge is -2.08. The van der Waals surface area contributed by atoms with Crippen LogP contribution in [-0.2, 0) is 9.59 Å². The lowest BCUT2D eigenvalue weighted by atomic mass is 10.4. The summed E-state index contributed by atoms with van der Waals surface area (Å²) < 4.78 is 0. The Labute approximate surface area is 70.5 Å². The summed E-state index contributed by atoms with van der Waals surface area (Å²) in [5, 5.41) is 0. The van der Waals surface area contributed by atoms with Crippen LogP contribution in [0.3, 0.4) is 0 Å². The number of rotatable bonds is 2. The summed E-state index contributed by atoms with van der Waals surface area (Å²) in [6.07, 6.45) is 0.404. The fourth-order valence-corrected chi connectivity index (χ4v) is 0.541. The van der Waals surface area contributed by atoms with E-state index >= 15 is 0 Å². The maximum absolute atomic E-state index is 11.0. The minimum atomic E-state index is -0.497. The third-order valence-electron chi connectivity index (χ3n) is 1.05. The van der Waals surface area contributed by atoms with Crippen LogP contribution in [-0.4, -0.2) is 24.3 Å². The summed E-state index contributed by atoms with van der Waals surface area (Å²) in [6.45, 7) is 1.54. The highest BCUT2D eigenvalue weighted by Crippen LogP contribution is 2.06. The second-order valence-electron chi connectivity index (χ2n) is 2.05. The maximum atomic E-state index is 11.0. The van der Waals surface area contributed by atoms with Gasteiger partial charge >= 0.3 is 0 Å². The molecule has 0 aromatic heterocycles. The number of hydrogen-bond donors (Lipinski definition) is 2. The van der Waals surface area contributed by atoms with Crippen molar-refractivity contribution in [3.63, 3.8) is 0 Å². The molecule has 0 atom stereocenters. The van der Waals surface area contributed by atoms with Crippen molar-refractivity contribution in [2.45, 2.75) is 6.92 Å². The number of thiol groups is 1. The Balaban J connectivity index is 4.51. The van der Waals surface area contributed by atoms with Gasteiger partial charge in [0, 0.05) is 12.7 Å². The number of nitrogens with zero attached hydrogens (tertiary/aromatic N) is 1. The Hall–Kier alpha value is -0.970. The summed E-state index contributed by atoms with van der Waals surface area (Å²) in [5.74, 6) is -0.497. The first-order valence-electron chi connectivity index (χ1n) is 2.88. The molecule has 0 aromatic carbocycles. The minimum absolute atomic E-state index is 0.0969. The normalized spacial score (nSPS) is 11.9. The standard InChI is InChI=1S/C6H10N2O2S/c1-4(7)5(11)6(10)8(2)3-9/h3,11H,7H2,1-2H3/b5-4+. The van der Waals surface area contributed by atoms with Crippen molar-refractivity contribution in [3.8, 4) is 0 Å². The van der Waals surface area contributed by atoms with Crippen LogP contribution < -0.4 is 5.73 Å². The van der Waals surface area contributed by atoms with Gasteiger partial charge in [-0.25, -0.2) is 0 Å². The second kappa shape index (κ2) is 4.02. The summed E-state index contributed by atoms with van der Waals surface area (Å²) in [7, 11) is 1.34. The topological polar surface area (TPSA) is 63.4 Å². The first kappa shape index (κ1) is 10.0. The van der Waals surface area contributed by atoms with Gasteiger partial charge in [0.25, 0.3) is 5.91 Å². The van der Waals surface area contributed by atoms with E-state index < -0.39 is 5.91 Å². The molecule has 0 spiro atoms. The molecule has 0 aliphatic carbocycles. The van der Waals surface area contributed by atoms with E-state index in [9.17, 15) is 9.59 Å². The first-order valence-corrected chi connectivity index (χ1v) is 3.33. The van der Waals surface area contributed by atoms with Gasteiger partial charge in [0.2, 0.25) is 6.41 Å². The van der Waals surface area contributed by atoms with Crippen LogP contribution in [0.5, 0.6) is 0 Å². The third-order valence-corrected chi connectivity index (χ3v) is 1.60. The molecule has 11 heavy (non-hydrogen) atoms. The number of allylic oxidation sites excluding steroid dienone is 1. The molecule has 0 fully saturated rings. The minimum Gasteiger partial charge on any atom is -0.401 e. The molecular weight excluding hydrogens is 164 g/mol. The molecule has 0 aromatic rings. The molecule has 0 aliphatic heterocycles. The van der Waals surface area contributed by atoms with Crippen LogP contribution in [0.1, 0.15) is 6.92 Å². The Kier molecular flexibility index (Phi) is 3.67. The molecular formula is C6H10N2O2S. The van der Waals surface area contributed by atoms with Crippen LogP contribution in [0.25, 0.3) is 0 Å². The fraction of sp³-hybridized carbons (Fsp3) is 0.333. The zero-order valence-corrected chi connectivity index (χ0v) is 7.26. The quantitative estimate of drug-likeness (QED) is 0.344. The SMILES string of the molecule is C/C(N)=C(\S)C(=O)N(C)C=O. The number of carbonyl (C=O) groups excluding carboxylic acids is 2. The largest absolute Gasteiger partial charge is 0.401 e. The van der Waals surface area contributed by atoms with Crippen molar-refractivity contribution >= 4 is 24.9 Å². The summed E-state index contributed by atoms with van der Waals surface area (Å²) in [5.41, 5.74) is 5.57. The van der Waals surface area contributed by atoms with E-state index in [-0.39, 0.29) is 4.91 Å². The highest BCUT2D eigenvalue weighted by Gasteiger charge is 2.11. The lowest BCUT2D eigenvalue weighted by Crippen LogP contribution is -2.26. The monoisotopic (exact) mass is 174 g/mol. The summed E-state index contributed by atoms with van der Waals surface area (Å²) in [6, 6.07) is 0. The molecule has 0 radical (unpaired) electrons. The van der Waals surface area contributed by atoms with Gasteiger partial charge in [-0.1, -0.05) is 0 Å². The molecule has 0 rings (SSSR count). The lowest BCUT2D eigenvalue weighted by molar-refractivity contribution is -0.133. The second-order valence-corrected chi connectivity index (χ2v) is 2.50. The number of nitrogens with two attached hydrogens (primary N) is 1. The predicted octanol–water partition coefficient (Wildman–Crippen LogP) is -0.279. The van der Waals surface area contributed by atoms with Crippen LogP contribution in [0.15, 0.2) is 10.6 Å². The van der Waals surface area contributed by atoms with Crippen molar-refractivity contribution in [1.82, 2.24) is 4.90 Å². The third kappa shape index (κ3) is 2.63. The molecule has 62 valence electrons. The van der Waals surface area contributed by atoms with Gasteiger partial charge < -0.3 is 5.73 Å². The van der Waals surface area contributed by atoms with E-state index in [1.54, 1.807) is 6.92 Å². The average molecular weight is 174 g/mol. The van der Waals surface area contributed by atoms with Crippen LogP contribution in [0, 0.1) is 0 Å². The van der Waals surface area contributed by atoms with E-state index in [1.165, 1.54) is 7.05 Å². The number of carbonyl (C=O) groups is 2. The van der Waals surface area contributed by atoms with Gasteiger partial charge in [-0.2, -0.15) is 0 Å². The van der Waals surface area contributed by atoms with Crippen LogP contribution >= 0.6 is 12.6 Å². The average Bonchev–Trinajstić information content (AvgIpc) is 2.00. The molecule has 0 saturated carbocycles. The van der Waals surface area contributed by atoms with Crippen molar-refractivity contribution in [1.29, 1.82) is 0 Å². The van der Waals surface area contributed by atoms with E-state index in [4.69, 9.17) is 5.73 Å². The zero-order valence-electron chi connectivity index (χ0n) is 6.37. The fourth-order valence-electron chi connectivity index (χ4n) is 0.384. The van der Waals surface area contributed by atoms with Crippen molar-refractivity contribution in [2.24, 2.45) is 5.73 Å². The zero-order chi connectivity index (χ0) is 9.02. The van der Waals surface area contributed by atoms with Crippen LogP contribution in [0.4, 0.5) is 0 Å². The first-order chi connectivity index (χ1) is 5.00. The van der Waals surface area contributed by atoms with Gasteiger partial charge in [0.15, 0.2) is 0 Å². The highest BCUT2D eigenvalue weighted by atomic mass is 32.1. The van der Waals surface area contributed by atoms with Crippen molar-refractivity contribution < 1.29 is 9.59 Å². The maximum Gasteiger partial charge on any atom is 0.267 e. The molecule has 0 aliphatic rings. The van der Waals surface area contributed by atoms with Crippen LogP contribution in [0.2, 0.25) is 0 Å². The highest BCUT2D eigenvalue weighted by molar-refractivity contribution is 7.85. The molecule has 0 saturated heterocycles. The molecule has 4 nitrogen and oxygen atoms in total. The molecule has 5 heteroatoms. The molecule has 0 heterocycles. The van der Waals surface area contributed by atoms with Gasteiger partial charge in [-0.05, 0) is 6.92 Å². The number of imide groups is 1. The molecule has 0 unspecified atom stereocenters. The Morgan fingerprint density at radius 1 is 1.64 bits per heavy atom. The number of amides is 2. The van der Waals surface area contributed by atoms with Gasteiger partial charge in [0.05, 0.1) is 4.91 Å². The van der Waals surface area contributed by atoms with Crippen molar-refractivity contribution in [3.05, 3.63) is 10.6 Å². The van der Waals surface area contributed by atoms with E-state index in [0.29, 0.717) is 12.1 Å². The Morgan fingerprint density at radius 3 is 2.36 bits per heavy atom. The molecule has 2 amide bonds. The molecule has 0 bridgehead atoms. The summed E-state index contributed by atoms with van der Waals surface area (Å²) in [4.78, 5) is 22.0. The van der Waals surface area contributed by atoms with Gasteiger partial charge in [-0.3, -0.25) is 14.5 Å². The number of hydrogen-bond acceptors (Lipinski definition) is 4. The van der Waals surface area contributed by atoms with E-state index in [0.717, 1.165) is 4.90 Å².